The first-order chi connectivity index (χ1) is 20.2. The van der Waals surface area contributed by atoms with Crippen LogP contribution in [0.2, 0.25) is 0 Å². The molecule has 0 unspecified atom stereocenters. The van der Waals surface area contributed by atoms with E-state index in [1.165, 1.54) is 29.7 Å². The van der Waals surface area contributed by atoms with E-state index in [0.717, 1.165) is 44.9 Å². The Morgan fingerprint density at radius 3 is 2.42 bits per heavy atom. The summed E-state index contributed by atoms with van der Waals surface area (Å²) in [7, 11) is 2.09. The number of aromatic nitrogens is 2. The Balaban J connectivity index is 1.27. The molecule has 7 atom stereocenters. The van der Waals surface area contributed by atoms with Gasteiger partial charge in [-0.1, -0.05) is 90.4 Å². The summed E-state index contributed by atoms with van der Waals surface area (Å²) in [4.78, 5) is 14.4. The number of rotatable bonds is 3. The molecular formula is C39H55N3O. The molecule has 1 aromatic heterocycles. The number of hydrogen-bond acceptors (Lipinski definition) is 2. The van der Waals surface area contributed by atoms with E-state index in [0.29, 0.717) is 30.2 Å². The van der Waals surface area contributed by atoms with Gasteiger partial charge in [0.2, 0.25) is 5.91 Å². The van der Waals surface area contributed by atoms with Crippen LogP contribution < -0.4 is 5.32 Å². The van der Waals surface area contributed by atoms with Crippen LogP contribution in [0.15, 0.2) is 48.2 Å². The van der Waals surface area contributed by atoms with Gasteiger partial charge >= 0.3 is 0 Å². The van der Waals surface area contributed by atoms with E-state index in [1.807, 2.05) is 6.07 Å². The summed E-state index contributed by atoms with van der Waals surface area (Å²) in [5, 5.41) is 8.46. The first kappa shape index (κ1) is 29.4. The van der Waals surface area contributed by atoms with Gasteiger partial charge in [0, 0.05) is 25.2 Å². The molecule has 0 spiro atoms. The van der Waals surface area contributed by atoms with Crippen LogP contribution in [-0.2, 0) is 30.2 Å². The van der Waals surface area contributed by atoms with E-state index < -0.39 is 0 Å². The molecule has 5 aliphatic rings. The Bertz CT molecular complexity index is 1470. The number of aryl methyl sites for hydroxylation is 1. The van der Waals surface area contributed by atoms with Crippen LogP contribution >= 0.6 is 0 Å². The van der Waals surface area contributed by atoms with Crippen molar-refractivity contribution in [1.82, 2.24) is 15.1 Å². The van der Waals surface area contributed by atoms with Crippen molar-refractivity contribution in [3.05, 3.63) is 65.0 Å². The topological polar surface area (TPSA) is 46.9 Å². The van der Waals surface area contributed by atoms with Crippen molar-refractivity contribution in [3.8, 4) is 0 Å². The van der Waals surface area contributed by atoms with Crippen LogP contribution in [0.1, 0.15) is 117 Å². The Morgan fingerprint density at radius 2 is 1.67 bits per heavy atom. The lowest BCUT2D eigenvalue weighted by atomic mass is 9.33. The highest BCUT2D eigenvalue weighted by molar-refractivity contribution is 5.84. The van der Waals surface area contributed by atoms with Crippen LogP contribution in [0.4, 0.5) is 0 Å². The molecule has 1 N–H and O–H groups in total. The summed E-state index contributed by atoms with van der Waals surface area (Å²) < 4.78 is 2.06. The van der Waals surface area contributed by atoms with E-state index in [9.17, 15) is 4.79 Å². The van der Waals surface area contributed by atoms with Gasteiger partial charge in [-0.05, 0) is 108 Å². The highest BCUT2D eigenvalue weighted by Crippen LogP contribution is 2.75. The third kappa shape index (κ3) is 3.99. The Labute approximate surface area is 260 Å². The molecule has 3 saturated carbocycles. The molecule has 1 aromatic carbocycles. The first-order valence-corrected chi connectivity index (χ1v) is 17.2. The molecule has 1 heterocycles. The first-order valence-electron chi connectivity index (χ1n) is 17.2. The number of amides is 1. The van der Waals surface area contributed by atoms with E-state index in [-0.39, 0.29) is 32.5 Å². The zero-order valence-corrected chi connectivity index (χ0v) is 28.1. The molecule has 0 bridgehead atoms. The minimum atomic E-state index is -0.280. The molecule has 7 rings (SSSR count). The molecule has 2 aromatic rings. The smallest absolute Gasteiger partial charge is 0.227 e. The highest BCUT2D eigenvalue weighted by atomic mass is 16.2. The predicted octanol–water partition coefficient (Wildman–Crippen LogP) is 8.55. The van der Waals surface area contributed by atoms with E-state index in [1.54, 1.807) is 5.57 Å². The fourth-order valence-corrected chi connectivity index (χ4v) is 12.2. The normalized spacial score (nSPS) is 40.6. The van der Waals surface area contributed by atoms with Crippen molar-refractivity contribution < 1.29 is 4.79 Å². The quantitative estimate of drug-likeness (QED) is 0.369. The van der Waals surface area contributed by atoms with Crippen LogP contribution in [-0.4, -0.2) is 15.7 Å². The van der Waals surface area contributed by atoms with E-state index >= 15 is 0 Å². The Hall–Kier alpha value is -2.36. The lowest BCUT2D eigenvalue weighted by Crippen LogP contribution is -2.65. The Morgan fingerprint density at radius 1 is 0.953 bits per heavy atom. The lowest BCUT2D eigenvalue weighted by molar-refractivity contribution is -0.167. The summed E-state index contributed by atoms with van der Waals surface area (Å²) in [6, 6.07) is 10.4. The van der Waals surface area contributed by atoms with Gasteiger partial charge in [0.15, 0.2) is 0 Å². The maximum atomic E-state index is 14.4. The summed E-state index contributed by atoms with van der Waals surface area (Å²) in [6.07, 6.45) is 15.3. The number of fused-ring (bicyclic) bond motifs is 8. The minimum absolute atomic E-state index is 0.0851. The average molecular weight is 582 g/mol. The van der Waals surface area contributed by atoms with Crippen molar-refractivity contribution in [2.75, 3.05) is 0 Å². The second-order valence-electron chi connectivity index (χ2n) is 17.6. The van der Waals surface area contributed by atoms with E-state index in [2.05, 4.69) is 102 Å². The summed E-state index contributed by atoms with van der Waals surface area (Å²) in [5.74, 6) is 1.91. The zero-order chi connectivity index (χ0) is 30.6. The third-order valence-electron chi connectivity index (χ3n) is 14.6. The average Bonchev–Trinajstić information content (AvgIpc) is 3.32. The standard InChI is InChI=1S/C39H55N3O/c1-34(2)18-20-39(33(43)40-24-26-12-10-9-11-13-26)21-19-37(6)28(29(39)23-34)14-15-31-36(5)22-27-25-42(8)41-32(27)35(3,4)30(36)16-17-38(31,37)7/h9-14,25,29-31H,15-24H2,1-8H3,(H,40,43)/t29-,30-,31+,36-,37+,38+,39-/m0/s1. The third-order valence-corrected chi connectivity index (χ3v) is 14.6. The molecule has 4 heteroatoms. The number of benzene rings is 1. The van der Waals surface area contributed by atoms with Crippen molar-refractivity contribution in [2.24, 2.45) is 51.9 Å². The second-order valence-corrected chi connectivity index (χ2v) is 17.6. The molecule has 0 radical (unpaired) electrons. The maximum absolute atomic E-state index is 14.4. The van der Waals surface area contributed by atoms with Gasteiger partial charge in [-0.25, -0.2) is 0 Å². The summed E-state index contributed by atoms with van der Waals surface area (Å²) >= 11 is 0. The molecule has 4 nitrogen and oxygen atoms in total. The zero-order valence-electron chi connectivity index (χ0n) is 28.1. The van der Waals surface area contributed by atoms with Crippen molar-refractivity contribution in [1.29, 1.82) is 0 Å². The maximum Gasteiger partial charge on any atom is 0.227 e. The fraction of sp³-hybridized carbons (Fsp3) is 0.692. The molecule has 3 fully saturated rings. The second kappa shape index (κ2) is 9.33. The monoisotopic (exact) mass is 581 g/mol. The van der Waals surface area contributed by atoms with Gasteiger partial charge in [-0.3, -0.25) is 9.48 Å². The Kier molecular flexibility index (Phi) is 6.37. The molecule has 0 aliphatic heterocycles. The highest BCUT2D eigenvalue weighted by Gasteiger charge is 2.69. The summed E-state index contributed by atoms with van der Waals surface area (Å²) in [6.45, 7) is 18.4. The molecule has 5 aliphatic carbocycles. The van der Waals surface area contributed by atoms with Crippen LogP contribution in [0, 0.1) is 44.8 Å². The van der Waals surface area contributed by atoms with Crippen LogP contribution in [0.25, 0.3) is 0 Å². The lowest BCUT2D eigenvalue weighted by Gasteiger charge is -2.70. The van der Waals surface area contributed by atoms with Gasteiger partial charge in [0.05, 0.1) is 11.1 Å². The van der Waals surface area contributed by atoms with Crippen LogP contribution in [0.5, 0.6) is 0 Å². The number of nitrogens with one attached hydrogen (secondary N) is 1. The number of allylic oxidation sites excluding steroid dienone is 2. The van der Waals surface area contributed by atoms with Gasteiger partial charge in [0.1, 0.15) is 0 Å². The molecule has 1 amide bonds. The van der Waals surface area contributed by atoms with Crippen molar-refractivity contribution in [2.45, 2.75) is 118 Å². The van der Waals surface area contributed by atoms with Crippen molar-refractivity contribution in [3.63, 3.8) is 0 Å². The van der Waals surface area contributed by atoms with Crippen LogP contribution in [0.3, 0.4) is 0 Å². The molecule has 232 valence electrons. The molecular weight excluding hydrogens is 526 g/mol. The minimum Gasteiger partial charge on any atom is -0.352 e. The van der Waals surface area contributed by atoms with Crippen molar-refractivity contribution >= 4 is 5.91 Å². The van der Waals surface area contributed by atoms with Gasteiger partial charge in [0.25, 0.3) is 0 Å². The SMILES string of the molecule is Cn1cc2c(n1)C(C)(C)[C@@H]1CC[C@]3(C)[C@H](CC=C4[C@@H]5CC(C)(C)CC[C@]5(C(=O)NCc5ccccc5)CC[C@]43C)[C@@]1(C)C2. The van der Waals surface area contributed by atoms with Gasteiger partial charge in [-0.15, -0.1) is 0 Å². The summed E-state index contributed by atoms with van der Waals surface area (Å²) in [5.41, 5.74) is 6.32. The molecule has 0 saturated heterocycles. The number of carbonyl (C=O) groups excluding carboxylic acids is 1. The molecule has 43 heavy (non-hydrogen) atoms. The fourth-order valence-electron chi connectivity index (χ4n) is 12.2. The number of nitrogens with zero attached hydrogens (tertiary/aromatic N) is 2. The number of hydrogen-bond donors (Lipinski definition) is 1. The number of carbonyl (C=O) groups is 1. The largest absolute Gasteiger partial charge is 0.352 e. The van der Waals surface area contributed by atoms with E-state index in [4.69, 9.17) is 5.10 Å². The predicted molar refractivity (Wildman–Crippen MR) is 174 cm³/mol. The van der Waals surface area contributed by atoms with Gasteiger partial charge in [-0.2, -0.15) is 5.10 Å². The van der Waals surface area contributed by atoms with Gasteiger partial charge < -0.3 is 5.32 Å².